The normalized spacial score (nSPS) is 15.5. The van der Waals surface area contributed by atoms with Crippen LogP contribution in [0, 0.1) is 5.92 Å². The Labute approximate surface area is 178 Å². The van der Waals surface area contributed by atoms with Crippen molar-refractivity contribution in [2.75, 3.05) is 13.1 Å². The monoisotopic (exact) mass is 411 g/mol. The van der Waals surface area contributed by atoms with Crippen LogP contribution >= 0.6 is 0 Å². The summed E-state index contributed by atoms with van der Waals surface area (Å²) in [7, 11) is 0. The van der Waals surface area contributed by atoms with Crippen LogP contribution < -0.4 is 5.32 Å². The van der Waals surface area contributed by atoms with Gasteiger partial charge in [-0.05, 0) is 57.2 Å². The first-order valence-electron chi connectivity index (χ1n) is 10.7. The molecule has 0 bridgehead atoms. The highest BCUT2D eigenvalue weighted by Crippen LogP contribution is 2.25. The van der Waals surface area contributed by atoms with Crippen LogP contribution in [0.25, 0.3) is 0 Å². The van der Waals surface area contributed by atoms with Crippen LogP contribution in [0.3, 0.4) is 0 Å². The summed E-state index contributed by atoms with van der Waals surface area (Å²) in [6.45, 7) is 12.1. The van der Waals surface area contributed by atoms with E-state index in [1.165, 1.54) is 0 Å². The molecule has 3 rings (SSSR count). The molecule has 0 spiro atoms. The number of nitrogens with zero attached hydrogens (tertiary/aromatic N) is 4. The molecule has 2 amide bonds. The van der Waals surface area contributed by atoms with Gasteiger partial charge in [-0.2, -0.15) is 5.10 Å². The number of carbonyl (C=O) groups excluding carboxylic acids is 2. The Hall–Kier alpha value is -2.70. The van der Waals surface area contributed by atoms with Crippen LogP contribution in [-0.4, -0.2) is 44.6 Å². The van der Waals surface area contributed by atoms with Gasteiger partial charge in [0.15, 0.2) is 5.69 Å². The Morgan fingerprint density at radius 3 is 2.47 bits per heavy atom. The quantitative estimate of drug-likeness (QED) is 0.818. The van der Waals surface area contributed by atoms with Crippen molar-refractivity contribution >= 4 is 11.8 Å². The lowest BCUT2D eigenvalue weighted by Gasteiger charge is -2.31. The molecule has 2 aromatic rings. The van der Waals surface area contributed by atoms with E-state index < -0.39 is 0 Å². The number of carbonyl (C=O) groups is 2. The summed E-state index contributed by atoms with van der Waals surface area (Å²) >= 11 is 0. The van der Waals surface area contributed by atoms with E-state index in [9.17, 15) is 9.59 Å². The average Bonchev–Trinajstić information content (AvgIpc) is 3.19. The highest BCUT2D eigenvalue weighted by atomic mass is 16.2. The minimum atomic E-state index is -0.183. The van der Waals surface area contributed by atoms with E-state index in [4.69, 9.17) is 0 Å². The van der Waals surface area contributed by atoms with Crippen molar-refractivity contribution in [1.29, 1.82) is 0 Å². The maximum atomic E-state index is 13.0. The van der Waals surface area contributed by atoms with E-state index >= 15 is 0 Å². The van der Waals surface area contributed by atoms with Gasteiger partial charge in [-0.15, -0.1) is 0 Å². The molecule has 2 aromatic heterocycles. The Morgan fingerprint density at radius 2 is 1.93 bits per heavy atom. The molecule has 0 aromatic carbocycles. The number of aromatic nitrogens is 3. The van der Waals surface area contributed by atoms with Crippen LogP contribution in [0.1, 0.15) is 75.1 Å². The van der Waals surface area contributed by atoms with Crippen molar-refractivity contribution in [3.05, 3.63) is 47.5 Å². The molecule has 1 aliphatic rings. The SMILES string of the molecule is CC(C)c1cc(C(=O)N2CCC(C(=O)NCc3cccnc3)CC2)nn1C(C)(C)C. The molecule has 0 unspecified atom stereocenters. The topological polar surface area (TPSA) is 80.1 Å². The predicted octanol–water partition coefficient (Wildman–Crippen LogP) is 3.33. The Bertz CT molecular complexity index is 875. The number of piperidine rings is 1. The fourth-order valence-corrected chi connectivity index (χ4v) is 3.79. The van der Waals surface area contributed by atoms with Crippen molar-refractivity contribution in [2.45, 2.75) is 65.5 Å². The first-order valence-corrected chi connectivity index (χ1v) is 10.7. The lowest BCUT2D eigenvalue weighted by molar-refractivity contribution is -0.126. The molecule has 7 heteroatoms. The molecular formula is C23H33N5O2. The summed E-state index contributed by atoms with van der Waals surface area (Å²) in [4.78, 5) is 31.4. The number of pyridine rings is 1. The molecule has 3 heterocycles. The Kier molecular flexibility index (Phi) is 6.58. The van der Waals surface area contributed by atoms with Gasteiger partial charge in [0.1, 0.15) is 0 Å². The summed E-state index contributed by atoms with van der Waals surface area (Å²) in [5.74, 6) is 0.218. The first-order chi connectivity index (χ1) is 14.2. The van der Waals surface area contributed by atoms with Crippen LogP contribution in [-0.2, 0) is 16.9 Å². The van der Waals surface area contributed by atoms with Crippen LogP contribution in [0.5, 0.6) is 0 Å². The van der Waals surface area contributed by atoms with Crippen molar-refractivity contribution < 1.29 is 9.59 Å². The molecule has 0 aliphatic carbocycles. The second kappa shape index (κ2) is 8.98. The molecule has 30 heavy (non-hydrogen) atoms. The minimum absolute atomic E-state index is 0.0463. The second-order valence-electron chi connectivity index (χ2n) is 9.34. The zero-order valence-electron chi connectivity index (χ0n) is 18.7. The van der Waals surface area contributed by atoms with Gasteiger partial charge in [-0.25, -0.2) is 0 Å². The third-order valence-corrected chi connectivity index (χ3v) is 5.53. The van der Waals surface area contributed by atoms with Gasteiger partial charge in [0.25, 0.3) is 5.91 Å². The van der Waals surface area contributed by atoms with E-state index in [-0.39, 0.29) is 29.2 Å². The average molecular weight is 412 g/mol. The van der Waals surface area contributed by atoms with Crippen molar-refractivity contribution in [1.82, 2.24) is 25.0 Å². The first kappa shape index (κ1) is 22.0. The Balaban J connectivity index is 1.58. The summed E-state index contributed by atoms with van der Waals surface area (Å²) < 4.78 is 1.96. The summed E-state index contributed by atoms with van der Waals surface area (Å²) in [5.41, 5.74) is 2.36. The van der Waals surface area contributed by atoms with E-state index in [1.807, 2.05) is 27.8 Å². The highest BCUT2D eigenvalue weighted by Gasteiger charge is 2.30. The van der Waals surface area contributed by atoms with Gasteiger partial charge in [-0.1, -0.05) is 19.9 Å². The number of amides is 2. The lowest BCUT2D eigenvalue weighted by atomic mass is 9.95. The molecule has 162 valence electrons. The summed E-state index contributed by atoms with van der Waals surface area (Å²) in [6, 6.07) is 5.72. The van der Waals surface area contributed by atoms with E-state index in [1.54, 1.807) is 12.4 Å². The third-order valence-electron chi connectivity index (χ3n) is 5.53. The predicted molar refractivity (Wildman–Crippen MR) is 116 cm³/mol. The minimum Gasteiger partial charge on any atom is -0.352 e. The summed E-state index contributed by atoms with van der Waals surface area (Å²) in [6.07, 6.45) is 4.81. The highest BCUT2D eigenvalue weighted by molar-refractivity contribution is 5.92. The molecule has 0 atom stereocenters. The fourth-order valence-electron chi connectivity index (χ4n) is 3.79. The fraction of sp³-hybridized carbons (Fsp3) is 0.565. The maximum Gasteiger partial charge on any atom is 0.274 e. The van der Waals surface area contributed by atoms with Gasteiger partial charge in [0, 0.05) is 43.6 Å². The van der Waals surface area contributed by atoms with Crippen molar-refractivity contribution in [3.63, 3.8) is 0 Å². The molecule has 1 fully saturated rings. The molecule has 0 saturated carbocycles. The van der Waals surface area contributed by atoms with Gasteiger partial charge < -0.3 is 10.2 Å². The van der Waals surface area contributed by atoms with E-state index in [0.29, 0.717) is 38.2 Å². The molecule has 0 radical (unpaired) electrons. The van der Waals surface area contributed by atoms with E-state index in [0.717, 1.165) is 11.3 Å². The largest absolute Gasteiger partial charge is 0.352 e. The van der Waals surface area contributed by atoms with Gasteiger partial charge in [0.05, 0.1) is 5.54 Å². The number of hydrogen-bond donors (Lipinski definition) is 1. The third kappa shape index (κ3) is 5.07. The number of rotatable bonds is 5. The zero-order chi connectivity index (χ0) is 21.9. The van der Waals surface area contributed by atoms with Crippen LogP contribution in [0.15, 0.2) is 30.6 Å². The smallest absolute Gasteiger partial charge is 0.274 e. The van der Waals surface area contributed by atoms with Gasteiger partial charge in [-0.3, -0.25) is 19.3 Å². The number of hydrogen-bond acceptors (Lipinski definition) is 4. The van der Waals surface area contributed by atoms with Crippen molar-refractivity contribution in [3.8, 4) is 0 Å². The number of likely N-dealkylation sites (tertiary alicyclic amines) is 1. The number of nitrogens with one attached hydrogen (secondary N) is 1. The molecule has 1 aliphatic heterocycles. The molecule has 7 nitrogen and oxygen atoms in total. The second-order valence-corrected chi connectivity index (χ2v) is 9.34. The van der Waals surface area contributed by atoms with Gasteiger partial charge in [0.2, 0.25) is 5.91 Å². The lowest BCUT2D eigenvalue weighted by Crippen LogP contribution is -2.43. The summed E-state index contributed by atoms with van der Waals surface area (Å²) in [5, 5.41) is 7.62. The maximum absolute atomic E-state index is 13.0. The van der Waals surface area contributed by atoms with Crippen LogP contribution in [0.4, 0.5) is 0 Å². The zero-order valence-corrected chi connectivity index (χ0v) is 18.7. The molecular weight excluding hydrogens is 378 g/mol. The van der Waals surface area contributed by atoms with Crippen molar-refractivity contribution in [2.24, 2.45) is 5.92 Å². The molecule has 1 N–H and O–H groups in total. The van der Waals surface area contributed by atoms with E-state index in [2.05, 4.69) is 50.0 Å². The standard InChI is InChI=1S/C23H33N5O2/c1-16(2)20-13-19(26-28(20)23(3,4)5)22(30)27-11-8-18(9-12-27)21(29)25-15-17-7-6-10-24-14-17/h6-7,10,13-14,16,18H,8-9,11-12,15H2,1-5H3,(H,25,29). The van der Waals surface area contributed by atoms with Gasteiger partial charge >= 0.3 is 0 Å². The molecule has 1 saturated heterocycles. The Morgan fingerprint density at radius 1 is 1.23 bits per heavy atom. The van der Waals surface area contributed by atoms with Crippen LogP contribution in [0.2, 0.25) is 0 Å².